The summed E-state index contributed by atoms with van der Waals surface area (Å²) >= 11 is 0. The van der Waals surface area contributed by atoms with Crippen LogP contribution in [0.1, 0.15) is 47.0 Å². The highest BCUT2D eigenvalue weighted by Crippen LogP contribution is 2.30. The Labute approximate surface area is 112 Å². The first kappa shape index (κ1) is 15.9. The molecule has 1 saturated carbocycles. The minimum Gasteiger partial charge on any atom is -0.351 e. The van der Waals surface area contributed by atoms with E-state index in [1.807, 2.05) is 20.8 Å². The summed E-state index contributed by atoms with van der Waals surface area (Å²) in [5, 5.41) is 0. The molecule has 0 bridgehead atoms. The Morgan fingerprint density at radius 2 is 1.67 bits per heavy atom. The van der Waals surface area contributed by atoms with Gasteiger partial charge in [-0.15, -0.1) is 0 Å². The third kappa shape index (κ3) is 4.17. The maximum Gasteiger partial charge on any atom is 0.680 e. The summed E-state index contributed by atoms with van der Waals surface area (Å²) in [5.74, 6) is 0. The van der Waals surface area contributed by atoms with E-state index in [2.05, 4.69) is 13.0 Å². The van der Waals surface area contributed by atoms with Crippen LogP contribution in [0.2, 0.25) is 0 Å². The number of hydrogen-bond donors (Lipinski definition) is 0. The molecule has 0 aromatic heterocycles. The summed E-state index contributed by atoms with van der Waals surface area (Å²) in [4.78, 5) is 0. The topological polar surface area (TPSA) is 36.9 Å². The van der Waals surface area contributed by atoms with E-state index in [9.17, 15) is 0 Å². The van der Waals surface area contributed by atoms with E-state index in [4.69, 9.17) is 17.7 Å². The molecule has 0 amide bonds. The lowest BCUT2D eigenvalue weighted by molar-refractivity contribution is -0.0416. The van der Waals surface area contributed by atoms with E-state index >= 15 is 0 Å². The van der Waals surface area contributed by atoms with Crippen molar-refractivity contribution in [2.45, 2.75) is 53.1 Å². The highest BCUT2D eigenvalue weighted by atomic mass is 28.4. The van der Waals surface area contributed by atoms with Crippen LogP contribution in [-0.4, -0.2) is 35.0 Å². The van der Waals surface area contributed by atoms with Gasteiger partial charge in [-0.25, -0.2) is 0 Å². The highest BCUT2D eigenvalue weighted by molar-refractivity contribution is 6.53. The van der Waals surface area contributed by atoms with Crippen molar-refractivity contribution in [2.75, 3.05) is 19.8 Å². The molecule has 5 heteroatoms. The van der Waals surface area contributed by atoms with E-state index < -0.39 is 9.05 Å². The Hall–Kier alpha value is -0.203. The van der Waals surface area contributed by atoms with E-state index in [1.54, 1.807) is 0 Å². The fraction of sp³-hybridized carbons (Fsp3) is 0.846. The molecule has 0 N–H and O–H groups in total. The Kier molecular flexibility index (Phi) is 7.10. The quantitative estimate of drug-likeness (QED) is 0.503. The van der Waals surface area contributed by atoms with Gasteiger partial charge >= 0.3 is 9.05 Å². The molecule has 0 spiro atoms. The Morgan fingerprint density at radius 3 is 2.11 bits per heavy atom. The molecule has 1 aliphatic rings. The van der Waals surface area contributed by atoms with Gasteiger partial charge in [0.2, 0.25) is 0 Å². The summed E-state index contributed by atoms with van der Waals surface area (Å²) in [6.45, 7) is 9.51. The first-order valence-electron chi connectivity index (χ1n) is 6.96. The first-order chi connectivity index (χ1) is 8.71. The lowest BCUT2D eigenvalue weighted by Gasteiger charge is -2.30. The summed E-state index contributed by atoms with van der Waals surface area (Å²) in [7, 11) is -2.96. The van der Waals surface area contributed by atoms with Crippen molar-refractivity contribution in [1.29, 1.82) is 0 Å². The molecule has 0 heterocycles. The van der Waals surface area contributed by atoms with Crippen molar-refractivity contribution in [2.24, 2.45) is 0 Å². The van der Waals surface area contributed by atoms with E-state index in [0.717, 1.165) is 12.8 Å². The van der Waals surface area contributed by atoms with Crippen LogP contribution < -0.4 is 0 Å². The molecule has 0 radical (unpaired) electrons. The number of rotatable bonds is 8. The van der Waals surface area contributed by atoms with E-state index in [0.29, 0.717) is 19.8 Å². The minimum atomic E-state index is -2.96. The zero-order chi connectivity index (χ0) is 13.4. The molecule has 1 aliphatic carbocycles. The molecule has 0 aromatic rings. The van der Waals surface area contributed by atoms with Crippen molar-refractivity contribution in [3.05, 3.63) is 11.6 Å². The summed E-state index contributed by atoms with van der Waals surface area (Å²) in [6.07, 6.45) is 5.55. The van der Waals surface area contributed by atoms with Gasteiger partial charge in [0.1, 0.15) is 0 Å². The second-order valence-electron chi connectivity index (χ2n) is 4.16. The van der Waals surface area contributed by atoms with E-state index in [-0.39, 0.29) is 6.10 Å². The van der Waals surface area contributed by atoms with Gasteiger partial charge in [0, 0.05) is 19.8 Å². The molecule has 1 rings (SSSR count). The lowest BCUT2D eigenvalue weighted by Crippen LogP contribution is -2.51. The molecule has 0 aromatic carbocycles. The first-order valence-corrected chi connectivity index (χ1v) is 8.59. The maximum absolute atomic E-state index is 6.13. The van der Waals surface area contributed by atoms with Crippen molar-refractivity contribution >= 4 is 9.05 Å². The molecule has 4 nitrogen and oxygen atoms in total. The highest BCUT2D eigenvalue weighted by Gasteiger charge is 2.48. The van der Waals surface area contributed by atoms with Gasteiger partial charge in [0.25, 0.3) is 0 Å². The second-order valence-corrected chi connectivity index (χ2v) is 6.26. The average molecular weight is 274 g/mol. The van der Waals surface area contributed by atoms with Crippen molar-refractivity contribution in [1.82, 2.24) is 0 Å². The summed E-state index contributed by atoms with van der Waals surface area (Å²) in [6, 6.07) is 0. The van der Waals surface area contributed by atoms with Gasteiger partial charge in [-0.05, 0) is 52.5 Å². The fourth-order valence-corrected chi connectivity index (χ4v) is 4.37. The average Bonchev–Trinajstić information content (AvgIpc) is 2.77. The summed E-state index contributed by atoms with van der Waals surface area (Å²) < 4.78 is 23.3. The molecule has 0 saturated heterocycles. The van der Waals surface area contributed by atoms with Gasteiger partial charge in [0.05, 0.1) is 6.10 Å². The van der Waals surface area contributed by atoms with Crippen LogP contribution in [0.25, 0.3) is 0 Å². The zero-order valence-corrected chi connectivity index (χ0v) is 13.0. The summed E-state index contributed by atoms with van der Waals surface area (Å²) in [5.41, 5.74) is 1.34. The molecule has 0 aliphatic heterocycles. The Balaban J connectivity index is 2.74. The van der Waals surface area contributed by atoms with Crippen LogP contribution in [0.3, 0.4) is 0 Å². The largest absolute Gasteiger partial charge is 0.680 e. The van der Waals surface area contributed by atoms with Gasteiger partial charge in [-0.1, -0.05) is 6.08 Å². The van der Waals surface area contributed by atoms with Gasteiger partial charge in [0.15, 0.2) is 0 Å². The van der Waals surface area contributed by atoms with Crippen LogP contribution in [0.15, 0.2) is 11.6 Å². The van der Waals surface area contributed by atoms with E-state index in [1.165, 1.54) is 12.0 Å². The molecule has 1 atom stereocenters. The zero-order valence-electron chi connectivity index (χ0n) is 12.0. The predicted molar refractivity (Wildman–Crippen MR) is 73.1 cm³/mol. The SMILES string of the molecule is C/C=C1\CCC[C@H]1O[Si](OCC)(OCC)OCC. The Bertz CT molecular complexity index is 251. The molecular formula is C13H26O4Si. The van der Waals surface area contributed by atoms with Crippen molar-refractivity contribution < 1.29 is 17.7 Å². The predicted octanol–water partition coefficient (Wildman–Crippen LogP) is 3.05. The Morgan fingerprint density at radius 1 is 1.11 bits per heavy atom. The van der Waals surface area contributed by atoms with Crippen LogP contribution in [0.4, 0.5) is 0 Å². The monoisotopic (exact) mass is 274 g/mol. The standard InChI is InChI=1S/C13H26O4Si/c1-5-12-10-9-11-13(12)17-18(14-6-2,15-7-3)16-8-4/h5,13H,6-11H2,1-4H3/b12-5+/t13-/m1/s1. The number of allylic oxidation sites excluding steroid dienone is 1. The van der Waals surface area contributed by atoms with Crippen LogP contribution in [-0.2, 0) is 17.7 Å². The number of hydrogen-bond acceptors (Lipinski definition) is 4. The molecule has 1 fully saturated rings. The molecule has 0 unspecified atom stereocenters. The smallest absolute Gasteiger partial charge is 0.351 e. The van der Waals surface area contributed by atoms with Crippen molar-refractivity contribution in [3.63, 3.8) is 0 Å². The van der Waals surface area contributed by atoms with Crippen LogP contribution in [0.5, 0.6) is 0 Å². The lowest BCUT2D eigenvalue weighted by atomic mass is 10.2. The van der Waals surface area contributed by atoms with Crippen LogP contribution in [0, 0.1) is 0 Å². The molecule has 106 valence electrons. The van der Waals surface area contributed by atoms with Gasteiger partial charge < -0.3 is 17.7 Å². The maximum atomic E-state index is 6.13. The van der Waals surface area contributed by atoms with Crippen LogP contribution >= 0.6 is 0 Å². The third-order valence-corrected chi connectivity index (χ3v) is 5.47. The fourth-order valence-electron chi connectivity index (χ4n) is 2.23. The normalized spacial score (nSPS) is 22.9. The third-order valence-electron chi connectivity index (χ3n) is 2.97. The van der Waals surface area contributed by atoms with Gasteiger partial charge in [-0.3, -0.25) is 0 Å². The van der Waals surface area contributed by atoms with Crippen molar-refractivity contribution in [3.8, 4) is 0 Å². The second kappa shape index (κ2) is 8.07. The minimum absolute atomic E-state index is 0.103. The van der Waals surface area contributed by atoms with Gasteiger partial charge in [-0.2, -0.15) is 0 Å². The molecular weight excluding hydrogens is 248 g/mol. The molecule has 18 heavy (non-hydrogen) atoms.